The number of ether oxygens (including phenoxy) is 1. The summed E-state index contributed by atoms with van der Waals surface area (Å²) in [4.78, 5) is 28.2. The first kappa shape index (κ1) is 17.0. The normalized spacial score (nSPS) is 10.5. The molecule has 122 valence electrons. The van der Waals surface area contributed by atoms with Gasteiger partial charge in [-0.3, -0.25) is 14.6 Å². The molecular formula is C16H17ClN2O4. The molecule has 0 bridgehead atoms. The smallest absolute Gasteiger partial charge is 0.303 e. The second-order valence-corrected chi connectivity index (χ2v) is 5.45. The predicted molar refractivity (Wildman–Crippen MR) is 86.8 cm³/mol. The van der Waals surface area contributed by atoms with Crippen LogP contribution in [0.2, 0.25) is 5.02 Å². The summed E-state index contributed by atoms with van der Waals surface area (Å²) in [6.07, 6.45) is 2.07. The number of carbonyl (C=O) groups excluding carboxylic acids is 1. The highest BCUT2D eigenvalue weighted by Crippen LogP contribution is 2.29. The molecule has 0 atom stereocenters. The van der Waals surface area contributed by atoms with Gasteiger partial charge in [-0.25, -0.2) is 0 Å². The predicted octanol–water partition coefficient (Wildman–Crippen LogP) is 2.59. The molecule has 0 saturated carbocycles. The van der Waals surface area contributed by atoms with Gasteiger partial charge in [0.25, 0.3) is 5.91 Å². The number of hydrogen-bond acceptors (Lipinski definition) is 4. The molecule has 0 spiro atoms. The van der Waals surface area contributed by atoms with Crippen molar-refractivity contribution in [2.45, 2.75) is 12.8 Å². The van der Waals surface area contributed by atoms with Gasteiger partial charge in [0, 0.05) is 31.6 Å². The van der Waals surface area contributed by atoms with Gasteiger partial charge < -0.3 is 14.7 Å². The molecular weight excluding hydrogens is 320 g/mol. The van der Waals surface area contributed by atoms with Crippen LogP contribution in [0, 0.1) is 0 Å². The molecule has 2 rings (SSSR count). The Morgan fingerprint density at radius 3 is 2.87 bits per heavy atom. The summed E-state index contributed by atoms with van der Waals surface area (Å²) in [6.45, 7) is 0.227. The maximum absolute atomic E-state index is 12.0. The van der Waals surface area contributed by atoms with E-state index in [9.17, 15) is 9.59 Å². The Kier molecular flexibility index (Phi) is 5.76. The number of aliphatic carboxylic acids is 1. The second-order valence-electron chi connectivity index (χ2n) is 5.05. The van der Waals surface area contributed by atoms with Crippen LogP contribution in [0.15, 0.2) is 30.5 Å². The maximum Gasteiger partial charge on any atom is 0.303 e. The summed E-state index contributed by atoms with van der Waals surface area (Å²) in [7, 11) is 1.62. The third kappa shape index (κ3) is 4.56. The van der Waals surface area contributed by atoms with Crippen molar-refractivity contribution in [3.05, 3.63) is 35.5 Å². The molecule has 1 aromatic carbocycles. The minimum absolute atomic E-state index is 0.0320. The number of amides is 1. The van der Waals surface area contributed by atoms with E-state index >= 15 is 0 Å². The lowest BCUT2D eigenvalue weighted by atomic mass is 10.2. The monoisotopic (exact) mass is 336 g/mol. The zero-order chi connectivity index (χ0) is 16.8. The van der Waals surface area contributed by atoms with E-state index in [1.165, 1.54) is 4.90 Å². The van der Waals surface area contributed by atoms with Crippen molar-refractivity contribution in [1.82, 2.24) is 9.88 Å². The standard InChI is InChI=1S/C16H17ClN2O4/c1-19(9-3-5-15(21)22)14(20)10-23-13-7-6-12(17)11-4-2-8-18-16(11)13/h2,4,6-8H,3,5,9-10H2,1H3,(H,21,22). The van der Waals surface area contributed by atoms with Crippen molar-refractivity contribution < 1.29 is 19.4 Å². The number of pyridine rings is 1. The average molecular weight is 337 g/mol. The van der Waals surface area contributed by atoms with Crippen LogP contribution in [-0.4, -0.2) is 47.1 Å². The van der Waals surface area contributed by atoms with Gasteiger partial charge in [-0.15, -0.1) is 0 Å². The van der Waals surface area contributed by atoms with Crippen LogP contribution in [0.5, 0.6) is 5.75 Å². The molecule has 0 radical (unpaired) electrons. The summed E-state index contributed by atoms with van der Waals surface area (Å²) in [6, 6.07) is 6.98. The summed E-state index contributed by atoms with van der Waals surface area (Å²) in [5.74, 6) is -0.618. The van der Waals surface area contributed by atoms with Crippen LogP contribution in [0.4, 0.5) is 0 Å². The molecule has 2 aromatic rings. The number of benzene rings is 1. The van der Waals surface area contributed by atoms with E-state index in [0.717, 1.165) is 5.39 Å². The molecule has 0 unspecified atom stereocenters. The van der Waals surface area contributed by atoms with Crippen LogP contribution >= 0.6 is 11.6 Å². The van der Waals surface area contributed by atoms with Gasteiger partial charge >= 0.3 is 5.97 Å². The van der Waals surface area contributed by atoms with Gasteiger partial charge in [0.1, 0.15) is 11.3 Å². The Bertz CT molecular complexity index is 720. The first-order valence-electron chi connectivity index (χ1n) is 7.11. The van der Waals surface area contributed by atoms with Gasteiger partial charge in [-0.05, 0) is 30.7 Å². The Balaban J connectivity index is 1.97. The number of halogens is 1. The van der Waals surface area contributed by atoms with Crippen LogP contribution in [-0.2, 0) is 9.59 Å². The Hall–Kier alpha value is -2.34. The summed E-state index contributed by atoms with van der Waals surface area (Å²) < 4.78 is 5.56. The lowest BCUT2D eigenvalue weighted by molar-refractivity contribution is -0.138. The number of carboxylic acids is 1. The van der Waals surface area contributed by atoms with E-state index in [2.05, 4.69) is 4.98 Å². The third-order valence-electron chi connectivity index (χ3n) is 3.34. The molecule has 1 N–H and O–H groups in total. The van der Waals surface area contributed by atoms with Gasteiger partial charge in [0.2, 0.25) is 0 Å². The number of hydrogen-bond donors (Lipinski definition) is 1. The molecule has 1 aromatic heterocycles. The molecule has 0 saturated heterocycles. The van der Waals surface area contributed by atoms with Gasteiger partial charge in [0.05, 0.1) is 5.02 Å². The summed E-state index contributed by atoms with van der Waals surface area (Å²) in [5, 5.41) is 9.92. The number of fused-ring (bicyclic) bond motifs is 1. The molecule has 6 nitrogen and oxygen atoms in total. The lowest BCUT2D eigenvalue weighted by Crippen LogP contribution is -2.32. The molecule has 0 aliphatic carbocycles. The zero-order valence-corrected chi connectivity index (χ0v) is 13.4. The van der Waals surface area contributed by atoms with Crippen molar-refractivity contribution in [2.24, 2.45) is 0 Å². The molecule has 7 heteroatoms. The van der Waals surface area contributed by atoms with Crippen molar-refractivity contribution in [3.8, 4) is 5.75 Å². The topological polar surface area (TPSA) is 79.7 Å². The number of rotatable bonds is 7. The molecule has 0 fully saturated rings. The van der Waals surface area contributed by atoms with Crippen LogP contribution in [0.1, 0.15) is 12.8 Å². The number of carboxylic acid groups (broad SMARTS) is 1. The third-order valence-corrected chi connectivity index (χ3v) is 3.67. The van der Waals surface area contributed by atoms with E-state index in [-0.39, 0.29) is 18.9 Å². The quantitative estimate of drug-likeness (QED) is 0.840. The number of likely N-dealkylation sites (N-methyl/N-ethyl adjacent to an activating group) is 1. The van der Waals surface area contributed by atoms with Crippen molar-refractivity contribution in [1.29, 1.82) is 0 Å². The average Bonchev–Trinajstić information content (AvgIpc) is 2.53. The van der Waals surface area contributed by atoms with Gasteiger partial charge in [-0.1, -0.05) is 11.6 Å². The minimum Gasteiger partial charge on any atom is -0.481 e. The van der Waals surface area contributed by atoms with Crippen LogP contribution in [0.25, 0.3) is 10.9 Å². The lowest BCUT2D eigenvalue weighted by Gasteiger charge is -2.17. The summed E-state index contributed by atoms with van der Waals surface area (Å²) >= 11 is 6.11. The van der Waals surface area contributed by atoms with E-state index in [4.69, 9.17) is 21.4 Å². The highest BCUT2D eigenvalue weighted by atomic mass is 35.5. The molecule has 0 aliphatic rings. The molecule has 23 heavy (non-hydrogen) atoms. The zero-order valence-electron chi connectivity index (χ0n) is 12.7. The highest BCUT2D eigenvalue weighted by Gasteiger charge is 2.12. The van der Waals surface area contributed by atoms with Crippen molar-refractivity contribution in [3.63, 3.8) is 0 Å². The van der Waals surface area contributed by atoms with E-state index in [0.29, 0.717) is 29.3 Å². The molecule has 0 aliphatic heterocycles. The van der Waals surface area contributed by atoms with E-state index in [1.54, 1.807) is 31.4 Å². The largest absolute Gasteiger partial charge is 0.481 e. The number of aromatic nitrogens is 1. The number of carbonyl (C=O) groups is 2. The van der Waals surface area contributed by atoms with Gasteiger partial charge in [-0.2, -0.15) is 0 Å². The van der Waals surface area contributed by atoms with Crippen LogP contribution < -0.4 is 4.74 Å². The maximum atomic E-state index is 12.0. The Labute approximate surface area is 138 Å². The fourth-order valence-electron chi connectivity index (χ4n) is 2.07. The fraction of sp³-hybridized carbons (Fsp3) is 0.312. The number of nitrogens with zero attached hydrogens (tertiary/aromatic N) is 2. The molecule has 1 heterocycles. The van der Waals surface area contributed by atoms with Crippen molar-refractivity contribution in [2.75, 3.05) is 20.2 Å². The SMILES string of the molecule is CN(CCCC(=O)O)C(=O)COc1ccc(Cl)c2cccnc12. The van der Waals surface area contributed by atoms with Crippen LogP contribution in [0.3, 0.4) is 0 Å². The first-order valence-corrected chi connectivity index (χ1v) is 7.48. The minimum atomic E-state index is -0.874. The summed E-state index contributed by atoms with van der Waals surface area (Å²) in [5.41, 5.74) is 0.598. The first-order chi connectivity index (χ1) is 11.0. The Morgan fingerprint density at radius 2 is 2.13 bits per heavy atom. The van der Waals surface area contributed by atoms with E-state index in [1.807, 2.05) is 6.07 Å². The fourth-order valence-corrected chi connectivity index (χ4v) is 2.29. The van der Waals surface area contributed by atoms with Crippen molar-refractivity contribution >= 4 is 34.4 Å². The second kappa shape index (κ2) is 7.78. The highest BCUT2D eigenvalue weighted by molar-refractivity contribution is 6.35. The molecule has 1 amide bonds. The Morgan fingerprint density at radius 1 is 1.35 bits per heavy atom. The van der Waals surface area contributed by atoms with Gasteiger partial charge in [0.15, 0.2) is 6.61 Å². The van der Waals surface area contributed by atoms with E-state index < -0.39 is 5.97 Å².